The Bertz CT molecular complexity index is 527. The minimum atomic E-state index is -0.833. The van der Waals surface area contributed by atoms with Gasteiger partial charge in [-0.25, -0.2) is 4.98 Å². The molecule has 1 amide bonds. The van der Waals surface area contributed by atoms with E-state index in [2.05, 4.69) is 4.98 Å². The van der Waals surface area contributed by atoms with E-state index in [1.165, 1.54) is 11.3 Å². The lowest BCUT2D eigenvalue weighted by Gasteiger charge is -2.39. The van der Waals surface area contributed by atoms with Gasteiger partial charge in [-0.3, -0.25) is 9.59 Å². The third-order valence-corrected chi connectivity index (χ3v) is 4.70. The fourth-order valence-corrected chi connectivity index (χ4v) is 3.01. The highest BCUT2D eigenvalue weighted by molar-refractivity contribution is 7.13. The number of nitrogen functional groups attached to an aromatic ring is 1. The van der Waals surface area contributed by atoms with Crippen LogP contribution in [0.2, 0.25) is 0 Å². The maximum atomic E-state index is 12.3. The zero-order valence-corrected chi connectivity index (χ0v) is 12.4. The average molecular weight is 297 g/mol. The SMILES string of the molecule is CC(C)(C(=O)O)C1CCCN(C(=O)c2csc(N)n2)C1. The lowest BCUT2D eigenvalue weighted by Crippen LogP contribution is -2.46. The minimum absolute atomic E-state index is 0.0475. The number of aliphatic carboxylic acids is 1. The largest absolute Gasteiger partial charge is 0.481 e. The van der Waals surface area contributed by atoms with Gasteiger partial charge in [0, 0.05) is 18.5 Å². The molecular weight excluding hydrogens is 278 g/mol. The first-order chi connectivity index (χ1) is 9.32. The number of hydrogen-bond acceptors (Lipinski definition) is 5. The number of nitrogens with two attached hydrogens (primary N) is 1. The predicted molar refractivity (Wildman–Crippen MR) is 76.6 cm³/mol. The summed E-state index contributed by atoms with van der Waals surface area (Å²) < 4.78 is 0. The summed E-state index contributed by atoms with van der Waals surface area (Å²) in [5.41, 5.74) is 5.06. The van der Waals surface area contributed by atoms with E-state index in [1.807, 2.05) is 0 Å². The number of carboxylic acids is 1. The summed E-state index contributed by atoms with van der Waals surface area (Å²) in [7, 11) is 0. The molecule has 0 radical (unpaired) electrons. The molecule has 1 unspecified atom stereocenters. The molecule has 1 aromatic rings. The van der Waals surface area contributed by atoms with Crippen LogP contribution < -0.4 is 5.73 Å². The smallest absolute Gasteiger partial charge is 0.309 e. The van der Waals surface area contributed by atoms with Crippen LogP contribution in [0, 0.1) is 11.3 Å². The number of piperidine rings is 1. The Morgan fingerprint density at radius 3 is 2.80 bits per heavy atom. The van der Waals surface area contributed by atoms with Crippen molar-refractivity contribution in [3.63, 3.8) is 0 Å². The van der Waals surface area contributed by atoms with Crippen LogP contribution in [0.3, 0.4) is 0 Å². The number of carboxylic acid groups (broad SMARTS) is 1. The van der Waals surface area contributed by atoms with Crippen molar-refractivity contribution < 1.29 is 14.7 Å². The van der Waals surface area contributed by atoms with Crippen LogP contribution in [-0.4, -0.2) is 40.0 Å². The van der Waals surface area contributed by atoms with E-state index < -0.39 is 11.4 Å². The number of carbonyl (C=O) groups excluding carboxylic acids is 1. The monoisotopic (exact) mass is 297 g/mol. The zero-order valence-electron chi connectivity index (χ0n) is 11.6. The summed E-state index contributed by atoms with van der Waals surface area (Å²) in [6, 6.07) is 0. The van der Waals surface area contributed by atoms with E-state index >= 15 is 0 Å². The van der Waals surface area contributed by atoms with Crippen molar-refractivity contribution in [3.8, 4) is 0 Å². The number of hydrogen-bond donors (Lipinski definition) is 2. The summed E-state index contributed by atoms with van der Waals surface area (Å²) in [5.74, 6) is -1.03. The standard InChI is InChI=1S/C13H19N3O3S/c1-13(2,11(18)19)8-4-3-5-16(6-8)10(17)9-7-20-12(14)15-9/h7-8H,3-6H2,1-2H3,(H2,14,15)(H,18,19). The lowest BCUT2D eigenvalue weighted by molar-refractivity contribution is -0.151. The number of anilines is 1. The zero-order chi connectivity index (χ0) is 14.9. The van der Waals surface area contributed by atoms with Gasteiger partial charge in [0.15, 0.2) is 5.13 Å². The molecule has 2 heterocycles. The van der Waals surface area contributed by atoms with Crippen LogP contribution in [0.25, 0.3) is 0 Å². The van der Waals surface area contributed by atoms with Crippen molar-refractivity contribution >= 4 is 28.3 Å². The number of rotatable bonds is 3. The van der Waals surface area contributed by atoms with Gasteiger partial charge in [-0.2, -0.15) is 0 Å². The van der Waals surface area contributed by atoms with E-state index in [1.54, 1.807) is 24.1 Å². The van der Waals surface area contributed by atoms with Gasteiger partial charge in [0.2, 0.25) is 0 Å². The molecule has 1 fully saturated rings. The molecule has 1 atom stereocenters. The Morgan fingerprint density at radius 2 is 2.25 bits per heavy atom. The molecule has 0 spiro atoms. The first-order valence-electron chi connectivity index (χ1n) is 6.56. The third kappa shape index (κ3) is 2.77. The van der Waals surface area contributed by atoms with Gasteiger partial charge < -0.3 is 15.7 Å². The van der Waals surface area contributed by atoms with Crippen molar-refractivity contribution in [3.05, 3.63) is 11.1 Å². The van der Waals surface area contributed by atoms with Crippen LogP contribution in [-0.2, 0) is 4.79 Å². The molecule has 20 heavy (non-hydrogen) atoms. The Balaban J connectivity index is 2.11. The van der Waals surface area contributed by atoms with E-state index in [-0.39, 0.29) is 11.8 Å². The van der Waals surface area contributed by atoms with E-state index in [0.29, 0.717) is 23.9 Å². The minimum Gasteiger partial charge on any atom is -0.481 e. The molecule has 110 valence electrons. The van der Waals surface area contributed by atoms with Crippen LogP contribution in [0.4, 0.5) is 5.13 Å². The van der Waals surface area contributed by atoms with Crippen molar-refractivity contribution in [2.75, 3.05) is 18.8 Å². The molecule has 2 rings (SSSR count). The van der Waals surface area contributed by atoms with Crippen molar-refractivity contribution in [2.45, 2.75) is 26.7 Å². The second-order valence-corrected chi connectivity index (χ2v) is 6.58. The summed E-state index contributed by atoms with van der Waals surface area (Å²) in [4.78, 5) is 29.3. The predicted octanol–water partition coefficient (Wildman–Crippen LogP) is 1.69. The number of carbonyl (C=O) groups is 2. The van der Waals surface area contributed by atoms with Crippen molar-refractivity contribution in [1.29, 1.82) is 0 Å². The fraction of sp³-hybridized carbons (Fsp3) is 0.615. The van der Waals surface area contributed by atoms with Crippen LogP contribution in [0.1, 0.15) is 37.2 Å². The molecule has 3 N–H and O–H groups in total. The van der Waals surface area contributed by atoms with Gasteiger partial charge in [0.05, 0.1) is 5.41 Å². The Labute approximate surface area is 121 Å². The van der Waals surface area contributed by atoms with Gasteiger partial charge in [-0.1, -0.05) is 0 Å². The molecule has 0 aliphatic carbocycles. The van der Waals surface area contributed by atoms with Crippen LogP contribution in [0.15, 0.2) is 5.38 Å². The van der Waals surface area contributed by atoms with Crippen molar-refractivity contribution in [1.82, 2.24) is 9.88 Å². The Hall–Kier alpha value is -1.63. The highest BCUT2D eigenvalue weighted by Crippen LogP contribution is 2.34. The van der Waals surface area contributed by atoms with Gasteiger partial charge in [-0.05, 0) is 32.6 Å². The normalized spacial score (nSPS) is 19.9. The fourth-order valence-electron chi connectivity index (χ4n) is 2.47. The second kappa shape index (κ2) is 5.40. The molecule has 0 bridgehead atoms. The average Bonchev–Trinajstić information content (AvgIpc) is 2.84. The number of amides is 1. The van der Waals surface area contributed by atoms with Crippen molar-refractivity contribution in [2.24, 2.45) is 11.3 Å². The van der Waals surface area contributed by atoms with Gasteiger partial charge in [0.25, 0.3) is 5.91 Å². The molecule has 1 saturated heterocycles. The maximum Gasteiger partial charge on any atom is 0.309 e. The third-order valence-electron chi connectivity index (χ3n) is 4.02. The molecular formula is C13H19N3O3S. The molecule has 6 nitrogen and oxygen atoms in total. The number of nitrogens with zero attached hydrogens (tertiary/aromatic N) is 2. The summed E-state index contributed by atoms with van der Waals surface area (Å²) in [6.07, 6.45) is 1.63. The maximum absolute atomic E-state index is 12.3. The van der Waals surface area contributed by atoms with Crippen LogP contribution in [0.5, 0.6) is 0 Å². The Kier molecular flexibility index (Phi) is 3.99. The van der Waals surface area contributed by atoms with Gasteiger partial charge in [0.1, 0.15) is 5.69 Å². The van der Waals surface area contributed by atoms with E-state index in [4.69, 9.17) is 5.73 Å². The summed E-state index contributed by atoms with van der Waals surface area (Å²) in [5, 5.41) is 11.3. The van der Waals surface area contributed by atoms with Gasteiger partial charge in [-0.15, -0.1) is 11.3 Å². The second-order valence-electron chi connectivity index (χ2n) is 5.69. The molecule has 1 aromatic heterocycles. The van der Waals surface area contributed by atoms with E-state index in [0.717, 1.165) is 12.8 Å². The molecule has 7 heteroatoms. The number of aromatic nitrogens is 1. The Morgan fingerprint density at radius 1 is 1.55 bits per heavy atom. The number of likely N-dealkylation sites (tertiary alicyclic amines) is 1. The molecule has 0 aromatic carbocycles. The van der Waals surface area contributed by atoms with E-state index in [9.17, 15) is 14.7 Å². The molecule has 0 saturated carbocycles. The summed E-state index contributed by atoms with van der Waals surface area (Å²) in [6.45, 7) is 4.53. The highest BCUT2D eigenvalue weighted by Gasteiger charge is 2.40. The highest BCUT2D eigenvalue weighted by atomic mass is 32.1. The molecule has 1 aliphatic heterocycles. The molecule has 1 aliphatic rings. The summed E-state index contributed by atoms with van der Waals surface area (Å²) >= 11 is 1.23. The quantitative estimate of drug-likeness (QED) is 0.885. The first-order valence-corrected chi connectivity index (χ1v) is 7.44. The lowest BCUT2D eigenvalue weighted by atomic mass is 9.74. The topological polar surface area (TPSA) is 96.5 Å². The first kappa shape index (κ1) is 14.8. The van der Waals surface area contributed by atoms with Gasteiger partial charge >= 0.3 is 5.97 Å². The van der Waals surface area contributed by atoms with Crippen LogP contribution >= 0.6 is 11.3 Å². The number of thiazole rings is 1.